The Balaban J connectivity index is 1.20. The number of anilines is 1. The van der Waals surface area contributed by atoms with Crippen LogP contribution in [0.1, 0.15) is 81.0 Å². The average Bonchev–Trinajstić information content (AvgIpc) is 3.58. The SMILES string of the molecule is CC(C)(C)OC(=O)n1ccc(CN2CCC(c3cnn(C4(C(=O)Nc5ccc(C#N)c(C(F)(F)F)c5)CCC4)c3)CC2)c1. The second-order valence-corrected chi connectivity index (χ2v) is 12.4. The fourth-order valence-corrected chi connectivity index (χ4v) is 5.70. The molecular weight excluding hydrogens is 561 g/mol. The number of nitrogens with one attached hydrogen (secondary N) is 1. The van der Waals surface area contributed by atoms with Crippen molar-refractivity contribution in [3.8, 4) is 6.07 Å². The summed E-state index contributed by atoms with van der Waals surface area (Å²) in [6.45, 7) is 7.93. The van der Waals surface area contributed by atoms with Gasteiger partial charge in [-0.3, -0.25) is 18.9 Å². The summed E-state index contributed by atoms with van der Waals surface area (Å²) in [5.41, 5.74) is -1.05. The van der Waals surface area contributed by atoms with Gasteiger partial charge >= 0.3 is 12.3 Å². The first-order valence-corrected chi connectivity index (χ1v) is 14.4. The highest BCUT2D eigenvalue weighted by Crippen LogP contribution is 2.41. The van der Waals surface area contributed by atoms with Crippen molar-refractivity contribution in [2.75, 3.05) is 18.4 Å². The number of rotatable bonds is 6. The van der Waals surface area contributed by atoms with Gasteiger partial charge in [0, 0.05) is 30.8 Å². The second kappa shape index (κ2) is 11.5. The van der Waals surface area contributed by atoms with Crippen LogP contribution in [0.2, 0.25) is 0 Å². The van der Waals surface area contributed by atoms with Crippen molar-refractivity contribution < 1.29 is 27.5 Å². The third-order valence-electron chi connectivity index (χ3n) is 8.17. The van der Waals surface area contributed by atoms with E-state index in [1.807, 2.05) is 33.0 Å². The number of nitriles is 1. The zero-order valence-corrected chi connectivity index (χ0v) is 24.4. The summed E-state index contributed by atoms with van der Waals surface area (Å²) in [7, 11) is 0. The number of carbonyl (C=O) groups is 2. The molecule has 43 heavy (non-hydrogen) atoms. The molecule has 1 aliphatic heterocycles. The molecule has 0 radical (unpaired) electrons. The number of carbonyl (C=O) groups excluding carboxylic acids is 2. The van der Waals surface area contributed by atoms with Gasteiger partial charge in [0.05, 0.1) is 23.4 Å². The normalized spacial score (nSPS) is 17.6. The minimum atomic E-state index is -4.71. The quantitative estimate of drug-likeness (QED) is 0.360. The van der Waals surface area contributed by atoms with E-state index in [2.05, 4.69) is 15.3 Å². The van der Waals surface area contributed by atoms with Crippen LogP contribution in [0.4, 0.5) is 23.7 Å². The number of hydrogen-bond acceptors (Lipinski definition) is 6. The van der Waals surface area contributed by atoms with Crippen LogP contribution in [-0.2, 0) is 27.8 Å². The molecule has 0 atom stereocenters. The highest BCUT2D eigenvalue weighted by atomic mass is 19.4. The monoisotopic (exact) mass is 596 g/mol. The Morgan fingerprint density at radius 2 is 1.86 bits per heavy atom. The molecule has 1 aromatic carbocycles. The van der Waals surface area contributed by atoms with Gasteiger partial charge in [-0.05, 0) is 107 Å². The van der Waals surface area contributed by atoms with Crippen molar-refractivity contribution in [3.63, 3.8) is 0 Å². The molecule has 1 N–H and O–H groups in total. The predicted octanol–water partition coefficient (Wildman–Crippen LogP) is 6.26. The van der Waals surface area contributed by atoms with E-state index < -0.39 is 40.4 Å². The molecule has 0 bridgehead atoms. The van der Waals surface area contributed by atoms with Crippen molar-refractivity contribution in [3.05, 3.63) is 71.3 Å². The lowest BCUT2D eigenvalue weighted by molar-refractivity contribution is -0.137. The highest BCUT2D eigenvalue weighted by molar-refractivity contribution is 5.97. The number of ether oxygens (including phenoxy) is 1. The molecule has 3 aromatic rings. The summed E-state index contributed by atoms with van der Waals surface area (Å²) < 4.78 is 48.8. The van der Waals surface area contributed by atoms with E-state index in [0.29, 0.717) is 12.8 Å². The van der Waals surface area contributed by atoms with Gasteiger partial charge < -0.3 is 10.1 Å². The van der Waals surface area contributed by atoms with Crippen molar-refractivity contribution in [2.45, 2.75) is 82.7 Å². The van der Waals surface area contributed by atoms with E-state index in [9.17, 15) is 22.8 Å². The second-order valence-electron chi connectivity index (χ2n) is 12.4. The van der Waals surface area contributed by atoms with Gasteiger partial charge in [0.1, 0.15) is 11.1 Å². The lowest BCUT2D eigenvalue weighted by Crippen LogP contribution is -2.51. The van der Waals surface area contributed by atoms with Crippen molar-refractivity contribution in [1.29, 1.82) is 5.26 Å². The van der Waals surface area contributed by atoms with Gasteiger partial charge in [0.2, 0.25) is 0 Å². The predicted molar refractivity (Wildman–Crippen MR) is 152 cm³/mol. The Labute approximate surface area is 248 Å². The van der Waals surface area contributed by atoms with Crippen LogP contribution in [0.5, 0.6) is 0 Å². The topological polar surface area (TPSA) is 105 Å². The molecule has 1 aliphatic carbocycles. The molecule has 9 nitrogen and oxygen atoms in total. The third kappa shape index (κ3) is 6.62. The third-order valence-corrected chi connectivity index (χ3v) is 8.17. The Morgan fingerprint density at radius 1 is 1.14 bits per heavy atom. The lowest BCUT2D eigenvalue weighted by Gasteiger charge is -2.40. The number of nitrogens with zero attached hydrogens (tertiary/aromatic N) is 5. The van der Waals surface area contributed by atoms with E-state index in [4.69, 9.17) is 10.00 Å². The van der Waals surface area contributed by atoms with Crippen LogP contribution in [0.25, 0.3) is 0 Å². The zero-order valence-electron chi connectivity index (χ0n) is 24.4. The average molecular weight is 597 g/mol. The summed E-state index contributed by atoms with van der Waals surface area (Å²) in [6, 6.07) is 6.66. The first-order chi connectivity index (χ1) is 20.3. The number of alkyl halides is 3. The number of hydrogen-bond donors (Lipinski definition) is 1. The van der Waals surface area contributed by atoms with Crippen molar-refractivity contribution in [2.24, 2.45) is 0 Å². The molecule has 1 saturated carbocycles. The lowest BCUT2D eigenvalue weighted by atomic mass is 9.76. The summed E-state index contributed by atoms with van der Waals surface area (Å²) >= 11 is 0. The molecular formula is C31H35F3N6O3. The molecule has 12 heteroatoms. The van der Waals surface area contributed by atoms with Crippen molar-refractivity contribution >= 4 is 17.7 Å². The molecule has 0 spiro atoms. The molecule has 1 amide bonds. The number of amides is 1. The number of halogens is 3. The minimum Gasteiger partial charge on any atom is -0.443 e. The standard InChI is InChI=1S/C31H35F3N6O3/c1-29(2,3)43-28(42)39-14-7-21(19-39)18-38-12-8-22(9-13-38)24-17-36-40(20-24)30(10-4-11-30)27(41)37-25-6-5-23(16-35)26(15-25)31(32,33)34/h5-7,14-15,17,19-20,22H,4,8-13,18H2,1-3H3,(H,37,41). The van der Waals surface area contributed by atoms with E-state index in [-0.39, 0.29) is 11.6 Å². The molecule has 2 aromatic heterocycles. The molecule has 228 valence electrons. The molecule has 0 unspecified atom stereocenters. The smallest absolute Gasteiger partial charge is 0.418 e. The van der Waals surface area contributed by atoms with Gasteiger partial charge in [0.25, 0.3) is 5.91 Å². The minimum absolute atomic E-state index is 0.0104. The molecule has 2 aliphatic rings. The van der Waals surface area contributed by atoms with Gasteiger partial charge in [-0.2, -0.15) is 23.5 Å². The maximum atomic E-state index is 13.4. The van der Waals surface area contributed by atoms with Crippen LogP contribution >= 0.6 is 0 Å². The fourth-order valence-electron chi connectivity index (χ4n) is 5.70. The van der Waals surface area contributed by atoms with Gasteiger partial charge in [0.15, 0.2) is 0 Å². The Hall–Kier alpha value is -4.11. The zero-order chi connectivity index (χ0) is 31.0. The van der Waals surface area contributed by atoms with E-state index >= 15 is 0 Å². The van der Waals surface area contributed by atoms with Crippen LogP contribution in [0, 0.1) is 11.3 Å². The van der Waals surface area contributed by atoms with E-state index in [0.717, 1.165) is 62.2 Å². The van der Waals surface area contributed by atoms with E-state index in [1.165, 1.54) is 10.6 Å². The molecule has 5 rings (SSSR count). The Kier molecular flexibility index (Phi) is 8.13. The first-order valence-electron chi connectivity index (χ1n) is 14.4. The van der Waals surface area contributed by atoms with Crippen LogP contribution in [0.15, 0.2) is 49.1 Å². The number of likely N-dealkylation sites (tertiary alicyclic amines) is 1. The number of aromatic nitrogens is 3. The van der Waals surface area contributed by atoms with Crippen LogP contribution < -0.4 is 5.32 Å². The molecule has 2 fully saturated rings. The first kappa shape index (κ1) is 30.4. The summed E-state index contributed by atoms with van der Waals surface area (Å²) in [4.78, 5) is 28.0. The van der Waals surface area contributed by atoms with Crippen molar-refractivity contribution in [1.82, 2.24) is 19.2 Å². The van der Waals surface area contributed by atoms with Crippen LogP contribution in [-0.4, -0.2) is 49.9 Å². The number of piperidine rings is 1. The maximum Gasteiger partial charge on any atom is 0.418 e. The number of benzene rings is 1. The molecule has 3 heterocycles. The fraction of sp³-hybridized carbons (Fsp3) is 0.484. The summed E-state index contributed by atoms with van der Waals surface area (Å²) in [5, 5.41) is 16.2. The molecule has 1 saturated heterocycles. The van der Waals surface area contributed by atoms with Gasteiger partial charge in [-0.25, -0.2) is 4.79 Å². The van der Waals surface area contributed by atoms with Crippen LogP contribution in [0.3, 0.4) is 0 Å². The highest BCUT2D eigenvalue weighted by Gasteiger charge is 2.47. The van der Waals surface area contributed by atoms with Gasteiger partial charge in [-0.15, -0.1) is 0 Å². The van der Waals surface area contributed by atoms with E-state index in [1.54, 1.807) is 29.3 Å². The Bertz CT molecular complexity index is 1530. The largest absolute Gasteiger partial charge is 0.443 e. The summed E-state index contributed by atoms with van der Waals surface area (Å²) in [6.07, 6.45) is 5.77. The van der Waals surface area contributed by atoms with Gasteiger partial charge in [-0.1, -0.05) is 0 Å². The Morgan fingerprint density at radius 3 is 2.47 bits per heavy atom. The summed E-state index contributed by atoms with van der Waals surface area (Å²) in [5.74, 6) is -0.149. The maximum absolute atomic E-state index is 13.4.